The Morgan fingerprint density at radius 1 is 0.963 bits per heavy atom. The summed E-state index contributed by atoms with van der Waals surface area (Å²) in [5.41, 5.74) is 3.92. The fourth-order valence-electron chi connectivity index (χ4n) is 2.63. The second-order valence-electron chi connectivity index (χ2n) is 6.32. The number of nitrogens with one attached hydrogen (secondary N) is 2. The van der Waals surface area contributed by atoms with Crippen molar-refractivity contribution in [3.8, 4) is 0 Å². The van der Waals surface area contributed by atoms with Crippen LogP contribution in [0.4, 0.5) is 11.4 Å². The molecule has 1 aromatic heterocycles. The number of anilines is 2. The molecule has 1 heterocycles. The lowest BCUT2D eigenvalue weighted by Crippen LogP contribution is -2.18. The Bertz CT molecular complexity index is 977. The Labute approximate surface area is 158 Å². The van der Waals surface area contributed by atoms with Gasteiger partial charge in [-0.1, -0.05) is 24.3 Å². The monoisotopic (exact) mass is 362 g/mol. The molecule has 0 saturated heterocycles. The zero-order valence-corrected chi connectivity index (χ0v) is 15.6. The molecule has 6 heteroatoms. The normalized spacial score (nSPS) is 10.5. The third-order valence-electron chi connectivity index (χ3n) is 4.35. The quantitative estimate of drug-likeness (QED) is 0.720. The zero-order chi connectivity index (χ0) is 19.4. The highest BCUT2D eigenvalue weighted by molar-refractivity contribution is 6.11. The van der Waals surface area contributed by atoms with Crippen LogP contribution in [0.15, 0.2) is 54.7 Å². The number of carbonyl (C=O) groups excluding carboxylic acids is 2. The SMILES string of the molecule is CCn1cc(NC(=O)c2ccc(C)c(C)c2)c(C(=O)Nc2ccccc2)n1. The third-order valence-corrected chi connectivity index (χ3v) is 4.35. The summed E-state index contributed by atoms with van der Waals surface area (Å²) < 4.78 is 1.62. The van der Waals surface area contributed by atoms with Gasteiger partial charge in [-0.25, -0.2) is 0 Å². The average molecular weight is 362 g/mol. The Hall–Kier alpha value is -3.41. The minimum atomic E-state index is -0.371. The van der Waals surface area contributed by atoms with Crippen molar-refractivity contribution in [2.45, 2.75) is 27.3 Å². The summed E-state index contributed by atoms with van der Waals surface area (Å²) in [6.45, 7) is 6.46. The van der Waals surface area contributed by atoms with Crippen LogP contribution < -0.4 is 10.6 Å². The van der Waals surface area contributed by atoms with E-state index in [1.54, 1.807) is 29.1 Å². The molecule has 0 saturated carbocycles. The lowest BCUT2D eigenvalue weighted by molar-refractivity contribution is 0.102. The molecule has 0 unspecified atom stereocenters. The van der Waals surface area contributed by atoms with Gasteiger partial charge in [-0.3, -0.25) is 14.3 Å². The average Bonchev–Trinajstić information content (AvgIpc) is 3.07. The second kappa shape index (κ2) is 7.86. The highest BCUT2D eigenvalue weighted by Gasteiger charge is 2.19. The van der Waals surface area contributed by atoms with Gasteiger partial charge < -0.3 is 10.6 Å². The minimum Gasteiger partial charge on any atom is -0.321 e. The van der Waals surface area contributed by atoms with Crippen LogP contribution in [0.5, 0.6) is 0 Å². The molecule has 2 amide bonds. The Balaban J connectivity index is 1.84. The zero-order valence-electron chi connectivity index (χ0n) is 15.6. The maximum atomic E-state index is 12.6. The first kappa shape index (κ1) is 18.4. The lowest BCUT2D eigenvalue weighted by Gasteiger charge is -2.08. The van der Waals surface area contributed by atoms with Crippen molar-refractivity contribution >= 4 is 23.2 Å². The van der Waals surface area contributed by atoms with Crippen LogP contribution >= 0.6 is 0 Å². The fraction of sp³-hybridized carbons (Fsp3) is 0.190. The molecule has 6 nitrogen and oxygen atoms in total. The smallest absolute Gasteiger partial charge is 0.278 e. The van der Waals surface area contributed by atoms with Crippen LogP contribution in [0.2, 0.25) is 0 Å². The molecule has 0 bridgehead atoms. The van der Waals surface area contributed by atoms with E-state index < -0.39 is 0 Å². The van der Waals surface area contributed by atoms with Gasteiger partial charge in [0, 0.05) is 24.0 Å². The van der Waals surface area contributed by atoms with Crippen molar-refractivity contribution in [2.24, 2.45) is 0 Å². The van der Waals surface area contributed by atoms with Crippen LogP contribution in [-0.4, -0.2) is 21.6 Å². The Morgan fingerprint density at radius 3 is 2.37 bits per heavy atom. The minimum absolute atomic E-state index is 0.179. The highest BCUT2D eigenvalue weighted by Crippen LogP contribution is 2.18. The first-order chi connectivity index (χ1) is 13.0. The van der Waals surface area contributed by atoms with E-state index in [9.17, 15) is 9.59 Å². The van der Waals surface area contributed by atoms with Crippen LogP contribution in [0, 0.1) is 13.8 Å². The number of nitrogens with zero attached hydrogens (tertiary/aromatic N) is 2. The van der Waals surface area contributed by atoms with E-state index in [2.05, 4.69) is 15.7 Å². The topological polar surface area (TPSA) is 76.0 Å². The molecule has 2 N–H and O–H groups in total. The fourth-order valence-corrected chi connectivity index (χ4v) is 2.63. The molecule has 0 aliphatic carbocycles. The summed E-state index contributed by atoms with van der Waals surface area (Å²) in [6.07, 6.45) is 1.67. The van der Waals surface area contributed by atoms with Gasteiger partial charge >= 0.3 is 0 Å². The van der Waals surface area contributed by atoms with Gasteiger partial charge in [0.25, 0.3) is 11.8 Å². The standard InChI is InChI=1S/C21H22N4O2/c1-4-25-13-18(23-20(26)16-11-10-14(2)15(3)12-16)19(24-25)21(27)22-17-8-6-5-7-9-17/h5-13H,4H2,1-3H3,(H,22,27)(H,23,26). The second-order valence-corrected chi connectivity index (χ2v) is 6.32. The van der Waals surface area contributed by atoms with Crippen LogP contribution in [-0.2, 0) is 6.54 Å². The number of benzene rings is 2. The van der Waals surface area contributed by atoms with Gasteiger partial charge in [0.15, 0.2) is 5.69 Å². The first-order valence-electron chi connectivity index (χ1n) is 8.80. The molecule has 27 heavy (non-hydrogen) atoms. The summed E-state index contributed by atoms with van der Waals surface area (Å²) in [4.78, 5) is 25.3. The summed E-state index contributed by atoms with van der Waals surface area (Å²) in [7, 11) is 0. The van der Waals surface area contributed by atoms with E-state index in [-0.39, 0.29) is 17.5 Å². The molecule has 3 rings (SSSR count). The first-order valence-corrected chi connectivity index (χ1v) is 8.80. The van der Waals surface area contributed by atoms with E-state index in [0.717, 1.165) is 11.1 Å². The molecular weight excluding hydrogens is 340 g/mol. The summed E-state index contributed by atoms with van der Waals surface area (Å²) in [5.74, 6) is -0.647. The summed E-state index contributed by atoms with van der Waals surface area (Å²) in [6, 6.07) is 14.6. The van der Waals surface area contributed by atoms with Crippen LogP contribution in [0.25, 0.3) is 0 Å². The number of amides is 2. The molecule has 2 aromatic carbocycles. The number of aryl methyl sites for hydroxylation is 3. The van der Waals surface area contributed by atoms with E-state index in [4.69, 9.17) is 0 Å². The predicted octanol–water partition coefficient (Wildman–Crippen LogP) is 4.02. The molecule has 0 spiro atoms. The van der Waals surface area contributed by atoms with Crippen LogP contribution in [0.1, 0.15) is 38.9 Å². The summed E-state index contributed by atoms with van der Waals surface area (Å²) >= 11 is 0. The third kappa shape index (κ3) is 4.23. The molecule has 3 aromatic rings. The maximum Gasteiger partial charge on any atom is 0.278 e. The Morgan fingerprint density at radius 2 is 1.70 bits per heavy atom. The van der Waals surface area contributed by atoms with Crippen molar-refractivity contribution in [1.82, 2.24) is 9.78 Å². The largest absolute Gasteiger partial charge is 0.321 e. The molecular formula is C21H22N4O2. The number of aromatic nitrogens is 2. The van der Waals surface area contributed by atoms with Crippen molar-refractivity contribution in [2.75, 3.05) is 10.6 Å². The Kier molecular flexibility index (Phi) is 5.35. The maximum absolute atomic E-state index is 12.6. The van der Waals surface area contributed by atoms with Crippen molar-refractivity contribution in [3.05, 3.63) is 77.1 Å². The number of hydrogen-bond acceptors (Lipinski definition) is 3. The van der Waals surface area contributed by atoms with Gasteiger partial charge in [-0.05, 0) is 56.2 Å². The molecule has 0 atom stereocenters. The van der Waals surface area contributed by atoms with Crippen molar-refractivity contribution in [1.29, 1.82) is 0 Å². The number of hydrogen-bond donors (Lipinski definition) is 2. The van der Waals surface area contributed by atoms with Gasteiger partial charge in [0.1, 0.15) is 0 Å². The molecule has 0 radical (unpaired) electrons. The lowest BCUT2D eigenvalue weighted by atomic mass is 10.1. The van der Waals surface area contributed by atoms with E-state index in [1.807, 2.05) is 51.1 Å². The van der Waals surface area contributed by atoms with Gasteiger partial charge in [0.2, 0.25) is 0 Å². The van der Waals surface area contributed by atoms with Gasteiger partial charge in [-0.15, -0.1) is 0 Å². The van der Waals surface area contributed by atoms with E-state index in [0.29, 0.717) is 23.5 Å². The molecule has 0 aliphatic heterocycles. The number of carbonyl (C=O) groups is 2. The summed E-state index contributed by atoms with van der Waals surface area (Å²) in [5, 5.41) is 9.90. The molecule has 0 aliphatic rings. The number of para-hydroxylation sites is 1. The number of rotatable bonds is 5. The van der Waals surface area contributed by atoms with Gasteiger partial charge in [0.05, 0.1) is 5.69 Å². The molecule has 0 fully saturated rings. The van der Waals surface area contributed by atoms with Crippen molar-refractivity contribution < 1.29 is 9.59 Å². The predicted molar refractivity (Wildman–Crippen MR) is 106 cm³/mol. The van der Waals surface area contributed by atoms with Crippen molar-refractivity contribution in [3.63, 3.8) is 0 Å². The van der Waals surface area contributed by atoms with E-state index >= 15 is 0 Å². The van der Waals surface area contributed by atoms with E-state index in [1.165, 1.54) is 0 Å². The molecule has 138 valence electrons. The highest BCUT2D eigenvalue weighted by atomic mass is 16.2. The van der Waals surface area contributed by atoms with Crippen LogP contribution in [0.3, 0.4) is 0 Å². The van der Waals surface area contributed by atoms with Gasteiger partial charge in [-0.2, -0.15) is 5.10 Å².